The summed E-state index contributed by atoms with van der Waals surface area (Å²) >= 11 is 0. The zero-order valence-electron chi connectivity index (χ0n) is 13.5. The highest BCUT2D eigenvalue weighted by Crippen LogP contribution is 2.23. The first kappa shape index (κ1) is 16.6. The first-order chi connectivity index (χ1) is 10.6. The van der Waals surface area contributed by atoms with Gasteiger partial charge in [-0.05, 0) is 50.3 Å². The van der Waals surface area contributed by atoms with E-state index in [1.807, 2.05) is 13.8 Å². The summed E-state index contributed by atoms with van der Waals surface area (Å²) in [5, 5.41) is 12.1. The molecule has 1 fully saturated rings. The number of rotatable bonds is 5. The van der Waals surface area contributed by atoms with E-state index in [4.69, 9.17) is 0 Å². The van der Waals surface area contributed by atoms with Gasteiger partial charge < -0.3 is 15.3 Å². The first-order valence-electron chi connectivity index (χ1n) is 7.96. The lowest BCUT2D eigenvalue weighted by molar-refractivity contribution is -0.116. The summed E-state index contributed by atoms with van der Waals surface area (Å²) in [6.45, 7) is 6.68. The lowest BCUT2D eigenvalue weighted by Crippen LogP contribution is -2.34. The minimum absolute atomic E-state index is 0.0462. The van der Waals surface area contributed by atoms with E-state index in [0.29, 0.717) is 19.1 Å². The zero-order chi connectivity index (χ0) is 15.9. The van der Waals surface area contributed by atoms with E-state index in [2.05, 4.69) is 34.5 Å². The molecule has 2 rings (SSSR count). The molecule has 0 unspecified atom stereocenters. The monoisotopic (exact) mass is 302 g/mol. The molecule has 0 radical (unpaired) electrons. The number of carbonyl (C=O) groups excluding carboxylic acids is 1. The molecule has 0 aromatic heterocycles. The van der Waals surface area contributed by atoms with E-state index < -0.39 is 0 Å². The van der Waals surface area contributed by atoms with Crippen molar-refractivity contribution in [2.24, 2.45) is 5.92 Å². The molecule has 1 aromatic carbocycles. The topological polar surface area (TPSA) is 52.6 Å². The van der Waals surface area contributed by atoms with Gasteiger partial charge >= 0.3 is 0 Å². The summed E-state index contributed by atoms with van der Waals surface area (Å²) in [6.07, 6.45) is 3.72. The zero-order valence-corrected chi connectivity index (χ0v) is 13.5. The Morgan fingerprint density at radius 1 is 1.27 bits per heavy atom. The Bertz CT molecular complexity index is 510. The highest BCUT2D eigenvalue weighted by atomic mass is 16.3. The molecule has 0 atom stereocenters. The minimum Gasteiger partial charge on any atom is -0.396 e. The number of carbonyl (C=O) groups is 1. The third-order valence-electron chi connectivity index (χ3n) is 4.06. The molecule has 120 valence electrons. The quantitative estimate of drug-likeness (QED) is 0.822. The summed E-state index contributed by atoms with van der Waals surface area (Å²) in [4.78, 5) is 13.9. The van der Waals surface area contributed by atoms with Gasteiger partial charge in [-0.25, -0.2) is 0 Å². The average molecular weight is 302 g/mol. The van der Waals surface area contributed by atoms with Crippen molar-refractivity contribution in [3.8, 4) is 0 Å². The van der Waals surface area contributed by atoms with Gasteiger partial charge in [0.1, 0.15) is 0 Å². The Hall–Kier alpha value is -1.81. The molecule has 0 saturated carbocycles. The Morgan fingerprint density at radius 3 is 2.45 bits per heavy atom. The van der Waals surface area contributed by atoms with Crippen molar-refractivity contribution in [1.82, 2.24) is 5.32 Å². The third kappa shape index (κ3) is 4.88. The van der Waals surface area contributed by atoms with Crippen LogP contribution in [-0.4, -0.2) is 30.7 Å². The molecule has 4 nitrogen and oxygen atoms in total. The van der Waals surface area contributed by atoms with Crippen molar-refractivity contribution in [2.75, 3.05) is 24.6 Å². The predicted octanol–water partition coefficient (Wildman–Crippen LogP) is 2.48. The van der Waals surface area contributed by atoms with Crippen molar-refractivity contribution in [3.05, 3.63) is 41.5 Å². The van der Waals surface area contributed by atoms with Crippen LogP contribution in [0.4, 0.5) is 5.69 Å². The molecule has 2 N–H and O–H groups in total. The van der Waals surface area contributed by atoms with Crippen LogP contribution in [0.5, 0.6) is 0 Å². The second-order valence-corrected chi connectivity index (χ2v) is 6.22. The number of piperidine rings is 1. The van der Waals surface area contributed by atoms with Crippen molar-refractivity contribution in [1.29, 1.82) is 0 Å². The van der Waals surface area contributed by atoms with Gasteiger partial charge in [-0.3, -0.25) is 4.79 Å². The number of nitrogens with one attached hydrogen (secondary N) is 1. The number of aliphatic hydroxyl groups excluding tert-OH is 1. The number of amides is 1. The van der Waals surface area contributed by atoms with Crippen molar-refractivity contribution in [3.63, 3.8) is 0 Å². The van der Waals surface area contributed by atoms with Gasteiger partial charge in [0.2, 0.25) is 5.91 Å². The molecule has 4 heteroatoms. The van der Waals surface area contributed by atoms with E-state index in [1.165, 1.54) is 5.69 Å². The van der Waals surface area contributed by atoms with Crippen LogP contribution in [0.25, 0.3) is 0 Å². The normalized spacial score (nSPS) is 15.5. The molecule has 22 heavy (non-hydrogen) atoms. The largest absolute Gasteiger partial charge is 0.396 e. The fraction of sp³-hybridized carbons (Fsp3) is 0.500. The number of benzene rings is 1. The van der Waals surface area contributed by atoms with E-state index >= 15 is 0 Å². The average Bonchev–Trinajstić information content (AvgIpc) is 2.53. The number of nitrogens with zero attached hydrogens (tertiary/aromatic N) is 1. The van der Waals surface area contributed by atoms with Gasteiger partial charge in [-0.2, -0.15) is 0 Å². The summed E-state index contributed by atoms with van der Waals surface area (Å²) < 4.78 is 0. The van der Waals surface area contributed by atoms with Crippen LogP contribution < -0.4 is 10.2 Å². The first-order valence-corrected chi connectivity index (χ1v) is 7.96. The van der Waals surface area contributed by atoms with Gasteiger partial charge in [0.05, 0.1) is 0 Å². The number of hydrogen-bond acceptors (Lipinski definition) is 3. The van der Waals surface area contributed by atoms with Crippen molar-refractivity contribution < 1.29 is 9.90 Å². The van der Waals surface area contributed by atoms with Crippen LogP contribution in [0.1, 0.15) is 32.3 Å². The molecule has 1 heterocycles. The van der Waals surface area contributed by atoms with Gasteiger partial charge in [0.15, 0.2) is 0 Å². The number of anilines is 1. The second-order valence-electron chi connectivity index (χ2n) is 6.22. The minimum atomic E-state index is -0.0462. The van der Waals surface area contributed by atoms with Crippen LogP contribution >= 0.6 is 0 Å². The standard InChI is InChI=1S/C18H26N2O2/c1-14(2)11-18(22)19-12-15-3-5-17(6-4-15)20-9-7-16(13-21)8-10-20/h3-6,11,16,21H,7-10,12-13H2,1-2H3,(H,19,22). The number of aliphatic hydroxyl groups is 1. The lowest BCUT2D eigenvalue weighted by Gasteiger charge is -2.33. The van der Waals surface area contributed by atoms with E-state index in [0.717, 1.165) is 37.1 Å². The molecule has 1 aliphatic heterocycles. The van der Waals surface area contributed by atoms with Crippen LogP contribution in [0.2, 0.25) is 0 Å². The molecule has 1 aliphatic rings. The Labute approximate surface area is 132 Å². The summed E-state index contributed by atoms with van der Waals surface area (Å²) in [5.74, 6) is 0.413. The fourth-order valence-corrected chi connectivity index (χ4v) is 2.70. The maximum atomic E-state index is 11.6. The summed E-state index contributed by atoms with van der Waals surface area (Å²) in [5.41, 5.74) is 3.32. The van der Waals surface area contributed by atoms with Gasteiger partial charge in [-0.15, -0.1) is 0 Å². The molecule has 0 bridgehead atoms. The molecule has 1 saturated heterocycles. The Morgan fingerprint density at radius 2 is 1.91 bits per heavy atom. The number of allylic oxidation sites excluding steroid dienone is 1. The molecule has 0 spiro atoms. The second kappa shape index (κ2) is 7.99. The van der Waals surface area contributed by atoms with Gasteiger partial charge in [-0.1, -0.05) is 17.7 Å². The summed E-state index contributed by atoms with van der Waals surface area (Å²) in [7, 11) is 0. The number of hydrogen-bond donors (Lipinski definition) is 2. The van der Waals surface area contributed by atoms with Crippen LogP contribution in [-0.2, 0) is 11.3 Å². The smallest absolute Gasteiger partial charge is 0.244 e. The molecule has 1 aromatic rings. The maximum absolute atomic E-state index is 11.6. The molecule has 0 aliphatic carbocycles. The van der Waals surface area contributed by atoms with E-state index in [1.54, 1.807) is 6.08 Å². The summed E-state index contributed by atoms with van der Waals surface area (Å²) in [6, 6.07) is 8.36. The van der Waals surface area contributed by atoms with Crippen LogP contribution in [0.3, 0.4) is 0 Å². The van der Waals surface area contributed by atoms with Gasteiger partial charge in [0.25, 0.3) is 0 Å². The molecular formula is C18H26N2O2. The predicted molar refractivity (Wildman–Crippen MR) is 89.7 cm³/mol. The van der Waals surface area contributed by atoms with Crippen LogP contribution in [0.15, 0.2) is 35.9 Å². The maximum Gasteiger partial charge on any atom is 0.244 e. The Kier molecular flexibility index (Phi) is 6.01. The third-order valence-corrected chi connectivity index (χ3v) is 4.06. The van der Waals surface area contributed by atoms with E-state index in [9.17, 15) is 9.90 Å². The molecule has 1 amide bonds. The fourth-order valence-electron chi connectivity index (χ4n) is 2.70. The molecular weight excluding hydrogens is 276 g/mol. The van der Waals surface area contributed by atoms with Crippen LogP contribution in [0, 0.1) is 5.92 Å². The highest BCUT2D eigenvalue weighted by Gasteiger charge is 2.18. The Balaban J connectivity index is 1.85. The lowest BCUT2D eigenvalue weighted by atomic mass is 9.97. The van der Waals surface area contributed by atoms with Crippen molar-refractivity contribution >= 4 is 11.6 Å². The van der Waals surface area contributed by atoms with Gasteiger partial charge in [0, 0.05) is 38.0 Å². The SMILES string of the molecule is CC(C)=CC(=O)NCc1ccc(N2CCC(CO)CC2)cc1. The van der Waals surface area contributed by atoms with Crippen molar-refractivity contribution in [2.45, 2.75) is 33.2 Å². The highest BCUT2D eigenvalue weighted by molar-refractivity contribution is 5.87. The van der Waals surface area contributed by atoms with E-state index in [-0.39, 0.29) is 5.91 Å².